The number of ether oxygens (including phenoxy) is 1. The second kappa shape index (κ2) is 15.7. The van der Waals surface area contributed by atoms with E-state index in [0.29, 0.717) is 0 Å². The molecule has 69 heavy (non-hydrogen) atoms. The lowest BCUT2D eigenvalue weighted by molar-refractivity contribution is 0.488. The molecule has 324 valence electrons. The van der Waals surface area contributed by atoms with Gasteiger partial charge in [-0.1, -0.05) is 164 Å². The van der Waals surface area contributed by atoms with Gasteiger partial charge in [-0.15, -0.1) is 0 Å². The van der Waals surface area contributed by atoms with E-state index in [0.717, 1.165) is 134 Å². The van der Waals surface area contributed by atoms with Crippen molar-refractivity contribution >= 4 is 88.8 Å². The number of hydrogen-bond acceptors (Lipinski definition) is 5. The van der Waals surface area contributed by atoms with Gasteiger partial charge in [0.05, 0.1) is 11.4 Å². The normalized spacial score (nSPS) is 11.9. The summed E-state index contributed by atoms with van der Waals surface area (Å²) < 4.78 is 20.2. The number of rotatable bonds is 8. The Hall–Kier alpha value is -9.32. The number of nitrogens with zero attached hydrogens (tertiary/aromatic N) is 2. The van der Waals surface area contributed by atoms with Crippen LogP contribution in [0.1, 0.15) is 0 Å². The van der Waals surface area contributed by atoms with E-state index in [2.05, 4.69) is 228 Å². The standard InChI is InChI=1S/C64H40N2O3/c1-3-16-44(17-4-1)66(45-18-5-2-6-19-45)57-28-14-27-56-53-24-11-15-43-39-48(40-60(61(43)53)69-64(56)57)65(46-35-31-41(32-36-46)49-22-12-25-54-51-20-7-9-29-58(51)67-62(49)54)47-37-33-42(34-38-47)50-23-13-26-55-52-21-8-10-30-59(52)68-63(50)55/h1-40H. The van der Waals surface area contributed by atoms with E-state index in [4.69, 9.17) is 13.6 Å². The van der Waals surface area contributed by atoms with Crippen LogP contribution in [0, 0.1) is 0 Å². The third-order valence-corrected chi connectivity index (χ3v) is 13.6. The zero-order chi connectivity index (χ0) is 45.4. The molecule has 0 radical (unpaired) electrons. The summed E-state index contributed by atoms with van der Waals surface area (Å²) in [4.78, 5) is 4.60. The summed E-state index contributed by atoms with van der Waals surface area (Å²) in [5.74, 6) is 1.60. The van der Waals surface area contributed by atoms with Crippen molar-refractivity contribution in [3.8, 4) is 44.9 Å². The van der Waals surface area contributed by atoms with Crippen molar-refractivity contribution in [1.82, 2.24) is 0 Å². The Morgan fingerprint density at radius 3 is 1.35 bits per heavy atom. The summed E-state index contributed by atoms with van der Waals surface area (Å²) in [5.41, 5.74) is 16.0. The van der Waals surface area contributed by atoms with Crippen LogP contribution in [0.3, 0.4) is 0 Å². The van der Waals surface area contributed by atoms with E-state index in [9.17, 15) is 0 Å². The summed E-state index contributed by atoms with van der Waals surface area (Å²) in [6, 6.07) is 85.4. The van der Waals surface area contributed by atoms with Gasteiger partial charge in [0, 0.05) is 72.4 Å². The Balaban J connectivity index is 0.921. The summed E-state index contributed by atoms with van der Waals surface area (Å²) in [6.07, 6.45) is 0. The first-order chi connectivity index (χ1) is 34.2. The quantitative estimate of drug-likeness (QED) is 0.152. The molecule has 1 aliphatic rings. The van der Waals surface area contributed by atoms with Crippen LogP contribution >= 0.6 is 0 Å². The van der Waals surface area contributed by atoms with E-state index in [-0.39, 0.29) is 0 Å². The van der Waals surface area contributed by atoms with E-state index in [1.54, 1.807) is 0 Å². The molecule has 0 N–H and O–H groups in total. The maximum absolute atomic E-state index is 7.26. The summed E-state index contributed by atoms with van der Waals surface area (Å²) in [7, 11) is 0. The van der Waals surface area contributed by atoms with Crippen molar-refractivity contribution in [1.29, 1.82) is 0 Å². The third kappa shape index (κ3) is 6.32. The SMILES string of the molecule is c1ccc(N(c2ccccc2)c2cccc3c2Oc2cc(N(c4ccc(-c5cccc6c5oc5ccccc56)cc4)c4ccc(-c5cccc6c5oc5ccccc56)cc4)cc4cccc-3c24)cc1. The molecule has 0 spiro atoms. The molecule has 0 saturated carbocycles. The number of furan rings is 2. The molecule has 0 aliphatic carbocycles. The molecule has 5 heteroatoms. The number of para-hydroxylation sites is 7. The highest BCUT2D eigenvalue weighted by Gasteiger charge is 2.28. The van der Waals surface area contributed by atoms with Crippen LogP contribution in [-0.2, 0) is 0 Å². The molecule has 2 aromatic heterocycles. The smallest absolute Gasteiger partial charge is 0.159 e. The summed E-state index contributed by atoms with van der Waals surface area (Å²) in [6.45, 7) is 0. The second-order valence-corrected chi connectivity index (χ2v) is 17.6. The molecule has 0 unspecified atom stereocenters. The van der Waals surface area contributed by atoms with Gasteiger partial charge in [-0.3, -0.25) is 0 Å². The number of benzene rings is 11. The average molecular weight is 885 g/mol. The van der Waals surface area contributed by atoms with E-state index in [1.807, 2.05) is 24.3 Å². The second-order valence-electron chi connectivity index (χ2n) is 17.6. The Labute approximate surface area is 397 Å². The molecule has 0 fully saturated rings. The zero-order valence-corrected chi connectivity index (χ0v) is 37.2. The molecule has 3 heterocycles. The first kappa shape index (κ1) is 38.9. The minimum Gasteiger partial charge on any atom is -0.455 e. The lowest BCUT2D eigenvalue weighted by Gasteiger charge is -2.32. The molecule has 0 bridgehead atoms. The third-order valence-electron chi connectivity index (χ3n) is 13.6. The van der Waals surface area contributed by atoms with Gasteiger partial charge >= 0.3 is 0 Å². The largest absolute Gasteiger partial charge is 0.455 e. The van der Waals surface area contributed by atoms with Gasteiger partial charge in [0.15, 0.2) is 5.75 Å². The maximum Gasteiger partial charge on any atom is 0.159 e. The Kier molecular flexibility index (Phi) is 8.83. The molecule has 11 aromatic carbocycles. The predicted molar refractivity (Wildman–Crippen MR) is 284 cm³/mol. The Bertz CT molecular complexity index is 3900. The topological polar surface area (TPSA) is 42.0 Å². The van der Waals surface area contributed by atoms with E-state index < -0.39 is 0 Å². The zero-order valence-electron chi connectivity index (χ0n) is 37.2. The molecule has 0 atom stereocenters. The van der Waals surface area contributed by atoms with Crippen molar-refractivity contribution < 1.29 is 13.6 Å². The monoisotopic (exact) mass is 884 g/mol. The van der Waals surface area contributed by atoms with E-state index in [1.165, 1.54) is 0 Å². The number of hydrogen-bond donors (Lipinski definition) is 0. The van der Waals surface area contributed by atoms with Crippen LogP contribution in [0.2, 0.25) is 0 Å². The minimum atomic E-state index is 0.797. The maximum atomic E-state index is 7.26. The van der Waals surface area contributed by atoms with Crippen molar-refractivity contribution in [2.75, 3.05) is 9.80 Å². The lowest BCUT2D eigenvalue weighted by atomic mass is 9.93. The van der Waals surface area contributed by atoms with Gasteiger partial charge in [0.2, 0.25) is 0 Å². The fourth-order valence-electron chi connectivity index (χ4n) is 10.5. The van der Waals surface area contributed by atoms with Crippen LogP contribution in [0.15, 0.2) is 251 Å². The van der Waals surface area contributed by atoms with Crippen LogP contribution in [0.25, 0.3) is 88.0 Å². The predicted octanol–water partition coefficient (Wildman–Crippen LogP) is 18.7. The molecular formula is C64H40N2O3. The van der Waals surface area contributed by atoms with Gasteiger partial charge in [0.25, 0.3) is 0 Å². The molecule has 0 saturated heterocycles. The summed E-state index contributed by atoms with van der Waals surface area (Å²) >= 11 is 0. The van der Waals surface area contributed by atoms with Crippen molar-refractivity contribution in [2.45, 2.75) is 0 Å². The van der Waals surface area contributed by atoms with Crippen LogP contribution < -0.4 is 14.5 Å². The minimum absolute atomic E-state index is 0.797. The Morgan fingerprint density at radius 2 is 0.768 bits per heavy atom. The van der Waals surface area contributed by atoms with E-state index >= 15 is 0 Å². The highest BCUT2D eigenvalue weighted by molar-refractivity contribution is 6.11. The van der Waals surface area contributed by atoms with Gasteiger partial charge in [-0.25, -0.2) is 0 Å². The first-order valence-electron chi connectivity index (χ1n) is 23.3. The molecular weight excluding hydrogens is 845 g/mol. The molecule has 13 aromatic rings. The van der Waals surface area contributed by atoms with Crippen LogP contribution in [0.4, 0.5) is 34.1 Å². The van der Waals surface area contributed by atoms with Gasteiger partial charge in [-0.2, -0.15) is 0 Å². The van der Waals surface area contributed by atoms with Crippen LogP contribution in [-0.4, -0.2) is 0 Å². The average Bonchev–Trinajstić information content (AvgIpc) is 3.99. The highest BCUT2D eigenvalue weighted by Crippen LogP contribution is 2.54. The lowest BCUT2D eigenvalue weighted by Crippen LogP contribution is -2.13. The fraction of sp³-hybridized carbons (Fsp3) is 0. The summed E-state index contributed by atoms with van der Waals surface area (Å²) in [5, 5.41) is 6.62. The number of anilines is 6. The van der Waals surface area contributed by atoms with Gasteiger partial charge in [-0.05, 0) is 94.9 Å². The van der Waals surface area contributed by atoms with Gasteiger partial charge < -0.3 is 23.4 Å². The molecule has 1 aliphatic heterocycles. The Morgan fingerprint density at radius 1 is 0.304 bits per heavy atom. The van der Waals surface area contributed by atoms with Crippen molar-refractivity contribution in [3.63, 3.8) is 0 Å². The van der Waals surface area contributed by atoms with Crippen LogP contribution in [0.5, 0.6) is 11.5 Å². The molecule has 5 nitrogen and oxygen atoms in total. The van der Waals surface area contributed by atoms with Crippen molar-refractivity contribution in [2.24, 2.45) is 0 Å². The first-order valence-corrected chi connectivity index (χ1v) is 23.3. The highest BCUT2D eigenvalue weighted by atomic mass is 16.5. The fourth-order valence-corrected chi connectivity index (χ4v) is 10.5. The number of fused-ring (bicyclic) bond motifs is 8. The van der Waals surface area contributed by atoms with Gasteiger partial charge in [0.1, 0.15) is 28.1 Å². The molecule has 0 amide bonds. The van der Waals surface area contributed by atoms with Crippen molar-refractivity contribution in [3.05, 3.63) is 243 Å². The molecule has 14 rings (SSSR count).